The highest BCUT2D eigenvalue weighted by molar-refractivity contribution is 5.22. The molecule has 0 amide bonds. The Labute approximate surface area is 110 Å². The minimum absolute atomic E-state index is 0.0409. The lowest BCUT2D eigenvalue weighted by Gasteiger charge is -2.23. The molecule has 0 fully saturated rings. The van der Waals surface area contributed by atoms with Gasteiger partial charge in [0.05, 0.1) is 6.10 Å². The van der Waals surface area contributed by atoms with Crippen molar-refractivity contribution in [1.82, 2.24) is 0 Å². The zero-order valence-corrected chi connectivity index (χ0v) is 10.9. The molecule has 1 aliphatic heterocycles. The van der Waals surface area contributed by atoms with Gasteiger partial charge in [0.15, 0.2) is 0 Å². The summed E-state index contributed by atoms with van der Waals surface area (Å²) >= 11 is 0. The predicted octanol–water partition coefficient (Wildman–Crippen LogP) is 4.27. The Kier molecular flexibility index (Phi) is 5.05. The summed E-state index contributed by atoms with van der Waals surface area (Å²) in [4.78, 5) is 0. The molecule has 1 nitrogen and oxygen atoms in total. The summed E-state index contributed by atoms with van der Waals surface area (Å²) in [5.74, 6) is 6.40. The normalized spacial score (nSPS) is 22.3. The van der Waals surface area contributed by atoms with E-state index in [1.165, 1.54) is 18.4 Å². The second kappa shape index (κ2) is 7.03. The van der Waals surface area contributed by atoms with Crippen molar-refractivity contribution in [2.24, 2.45) is 0 Å². The molecule has 1 heteroatoms. The summed E-state index contributed by atoms with van der Waals surface area (Å²) in [5.41, 5.74) is 1.24. The molecule has 0 N–H and O–H groups in total. The number of hydrogen-bond donors (Lipinski definition) is 0. The van der Waals surface area contributed by atoms with Crippen LogP contribution in [0.15, 0.2) is 42.5 Å². The van der Waals surface area contributed by atoms with Gasteiger partial charge in [-0.25, -0.2) is 0 Å². The van der Waals surface area contributed by atoms with Crippen molar-refractivity contribution < 1.29 is 4.74 Å². The van der Waals surface area contributed by atoms with E-state index in [-0.39, 0.29) is 12.2 Å². The highest BCUT2D eigenvalue weighted by Crippen LogP contribution is 2.26. The maximum absolute atomic E-state index is 5.99. The lowest BCUT2D eigenvalue weighted by molar-refractivity contribution is 0.0334. The van der Waals surface area contributed by atoms with Crippen LogP contribution in [-0.4, -0.2) is 6.10 Å². The van der Waals surface area contributed by atoms with Crippen LogP contribution >= 0.6 is 0 Å². The minimum Gasteiger partial charge on any atom is -0.353 e. The molecule has 0 radical (unpaired) electrons. The van der Waals surface area contributed by atoms with Gasteiger partial charge >= 0.3 is 0 Å². The molecule has 1 heterocycles. The fraction of sp³-hybridized carbons (Fsp3) is 0.412. The summed E-state index contributed by atoms with van der Waals surface area (Å²) in [6, 6.07) is 10.4. The SMILES string of the molecule is CCCCC#C[C@H]1C=CC[C@H](c2ccccc2)O1. The van der Waals surface area contributed by atoms with Crippen molar-refractivity contribution in [2.75, 3.05) is 0 Å². The van der Waals surface area contributed by atoms with Crippen molar-refractivity contribution in [3.8, 4) is 11.8 Å². The van der Waals surface area contributed by atoms with Gasteiger partial charge in [-0.3, -0.25) is 0 Å². The molecule has 94 valence electrons. The van der Waals surface area contributed by atoms with Gasteiger partial charge in [0.2, 0.25) is 0 Å². The van der Waals surface area contributed by atoms with Crippen molar-refractivity contribution in [3.05, 3.63) is 48.0 Å². The summed E-state index contributed by atoms with van der Waals surface area (Å²) in [6.45, 7) is 2.18. The molecule has 0 bridgehead atoms. The Morgan fingerprint density at radius 2 is 2.11 bits per heavy atom. The molecule has 2 atom stereocenters. The zero-order valence-electron chi connectivity index (χ0n) is 10.9. The summed E-state index contributed by atoms with van der Waals surface area (Å²) in [6.07, 6.45) is 8.65. The summed E-state index contributed by atoms with van der Waals surface area (Å²) in [5, 5.41) is 0. The van der Waals surface area contributed by atoms with E-state index in [1.54, 1.807) is 0 Å². The molecular weight excluding hydrogens is 220 g/mol. The second-order valence-electron chi connectivity index (χ2n) is 4.54. The van der Waals surface area contributed by atoms with E-state index in [1.807, 2.05) is 6.07 Å². The van der Waals surface area contributed by atoms with Crippen LogP contribution in [-0.2, 0) is 4.74 Å². The fourth-order valence-corrected chi connectivity index (χ4v) is 2.01. The zero-order chi connectivity index (χ0) is 12.6. The van der Waals surface area contributed by atoms with Gasteiger partial charge in [-0.15, -0.1) is 5.92 Å². The molecule has 0 unspecified atom stereocenters. The first-order chi connectivity index (χ1) is 8.90. The average molecular weight is 240 g/mol. The lowest BCUT2D eigenvalue weighted by Crippen LogP contribution is -2.16. The largest absolute Gasteiger partial charge is 0.353 e. The third-order valence-electron chi connectivity index (χ3n) is 3.04. The molecule has 18 heavy (non-hydrogen) atoms. The summed E-state index contributed by atoms with van der Waals surface area (Å²) in [7, 11) is 0. The lowest BCUT2D eigenvalue weighted by atomic mass is 10.0. The third-order valence-corrected chi connectivity index (χ3v) is 3.04. The Morgan fingerprint density at radius 3 is 2.89 bits per heavy atom. The van der Waals surface area contributed by atoms with Gasteiger partial charge in [-0.1, -0.05) is 55.7 Å². The first-order valence-corrected chi connectivity index (χ1v) is 6.75. The number of unbranched alkanes of at least 4 members (excludes halogenated alkanes) is 2. The standard InChI is InChI=1S/C17H20O/c1-2-3-4-8-12-16-13-9-14-17(18-16)15-10-6-5-7-11-15/h5-7,9-11,13,16-17H,2-4,14H2,1H3/t16-,17+/m0/s1. The topological polar surface area (TPSA) is 9.23 Å². The maximum atomic E-state index is 5.99. The van der Waals surface area contributed by atoms with E-state index in [0.29, 0.717) is 0 Å². The van der Waals surface area contributed by atoms with Crippen LogP contribution in [0.3, 0.4) is 0 Å². The molecule has 0 aromatic heterocycles. The van der Waals surface area contributed by atoms with Crippen LogP contribution in [0.4, 0.5) is 0 Å². The Balaban J connectivity index is 1.94. The van der Waals surface area contributed by atoms with Crippen molar-refractivity contribution in [2.45, 2.75) is 44.8 Å². The van der Waals surface area contributed by atoms with Crippen molar-refractivity contribution >= 4 is 0 Å². The van der Waals surface area contributed by atoms with Crippen molar-refractivity contribution in [3.63, 3.8) is 0 Å². The van der Waals surface area contributed by atoms with Crippen LogP contribution in [0.25, 0.3) is 0 Å². The molecule has 1 aromatic rings. The fourth-order valence-electron chi connectivity index (χ4n) is 2.01. The molecule has 0 saturated heterocycles. The Morgan fingerprint density at radius 1 is 1.28 bits per heavy atom. The van der Waals surface area contributed by atoms with Gasteiger partial charge in [0, 0.05) is 6.42 Å². The van der Waals surface area contributed by atoms with Crippen molar-refractivity contribution in [1.29, 1.82) is 0 Å². The van der Waals surface area contributed by atoms with E-state index in [0.717, 1.165) is 12.8 Å². The molecule has 0 aliphatic carbocycles. The van der Waals surface area contributed by atoms with Gasteiger partial charge in [-0.2, -0.15) is 0 Å². The van der Waals surface area contributed by atoms with Gasteiger partial charge in [0.25, 0.3) is 0 Å². The molecule has 1 aliphatic rings. The van der Waals surface area contributed by atoms with Gasteiger partial charge < -0.3 is 4.74 Å². The smallest absolute Gasteiger partial charge is 0.137 e. The van der Waals surface area contributed by atoms with Crippen LogP contribution in [0, 0.1) is 11.8 Å². The van der Waals surface area contributed by atoms with Crippen LogP contribution < -0.4 is 0 Å². The van der Waals surface area contributed by atoms with E-state index < -0.39 is 0 Å². The van der Waals surface area contributed by atoms with Crippen LogP contribution in [0.2, 0.25) is 0 Å². The molecule has 1 aromatic carbocycles. The van der Waals surface area contributed by atoms with E-state index >= 15 is 0 Å². The highest BCUT2D eigenvalue weighted by atomic mass is 16.5. The van der Waals surface area contributed by atoms with E-state index in [2.05, 4.69) is 55.2 Å². The second-order valence-corrected chi connectivity index (χ2v) is 4.54. The Bertz CT molecular complexity index is 436. The first-order valence-electron chi connectivity index (χ1n) is 6.75. The highest BCUT2D eigenvalue weighted by Gasteiger charge is 2.17. The predicted molar refractivity (Wildman–Crippen MR) is 75.1 cm³/mol. The average Bonchev–Trinajstić information content (AvgIpc) is 2.45. The maximum Gasteiger partial charge on any atom is 0.137 e. The number of benzene rings is 1. The first kappa shape index (κ1) is 12.9. The monoisotopic (exact) mass is 240 g/mol. The quantitative estimate of drug-likeness (QED) is 0.435. The summed E-state index contributed by atoms with van der Waals surface area (Å²) < 4.78 is 5.99. The number of rotatable bonds is 3. The molecule has 2 rings (SSSR count). The van der Waals surface area contributed by atoms with Crippen LogP contribution in [0.1, 0.15) is 44.3 Å². The number of ether oxygens (including phenoxy) is 1. The van der Waals surface area contributed by atoms with Gasteiger partial charge in [0.1, 0.15) is 6.10 Å². The van der Waals surface area contributed by atoms with Gasteiger partial charge in [-0.05, 0) is 24.5 Å². The number of hydrogen-bond acceptors (Lipinski definition) is 1. The van der Waals surface area contributed by atoms with E-state index in [9.17, 15) is 0 Å². The molecular formula is C17H20O. The molecule has 0 saturated carbocycles. The minimum atomic E-state index is -0.0409. The van der Waals surface area contributed by atoms with Crippen LogP contribution in [0.5, 0.6) is 0 Å². The Hall–Kier alpha value is -1.52. The third kappa shape index (κ3) is 3.75. The van der Waals surface area contributed by atoms with E-state index in [4.69, 9.17) is 4.74 Å². The molecule has 0 spiro atoms.